The molecule has 2 aromatic rings. The molecule has 6 heteroatoms. The summed E-state index contributed by atoms with van der Waals surface area (Å²) >= 11 is 0. The van der Waals surface area contributed by atoms with Crippen molar-refractivity contribution in [2.45, 2.75) is 6.92 Å². The van der Waals surface area contributed by atoms with Crippen LogP contribution in [0, 0.1) is 18.6 Å². The van der Waals surface area contributed by atoms with Crippen LogP contribution in [0.25, 0.3) is 0 Å². The summed E-state index contributed by atoms with van der Waals surface area (Å²) in [4.78, 5) is 8.10. The molecule has 1 aromatic carbocycles. The normalized spacial score (nSPS) is 10.2. The summed E-state index contributed by atoms with van der Waals surface area (Å²) in [5.74, 6) is -0.601. The molecule has 0 saturated carbocycles. The first-order chi connectivity index (χ1) is 8.61. The summed E-state index contributed by atoms with van der Waals surface area (Å²) in [6, 6.07) is 3.67. The molecule has 0 bridgehead atoms. The SMILES string of the molecule is CNc1ncc(C)c(Nc2c(F)cccc2F)n1. The van der Waals surface area contributed by atoms with Crippen LogP contribution < -0.4 is 10.6 Å². The largest absolute Gasteiger partial charge is 0.357 e. The number of hydrogen-bond acceptors (Lipinski definition) is 4. The predicted molar refractivity (Wildman–Crippen MR) is 66.0 cm³/mol. The Bertz CT molecular complexity index is 552. The van der Waals surface area contributed by atoms with Crippen LogP contribution in [-0.2, 0) is 0 Å². The second kappa shape index (κ2) is 4.95. The average molecular weight is 250 g/mol. The van der Waals surface area contributed by atoms with Crippen LogP contribution in [0.1, 0.15) is 5.56 Å². The van der Waals surface area contributed by atoms with Gasteiger partial charge in [0.2, 0.25) is 5.95 Å². The Labute approximate surface area is 103 Å². The highest BCUT2D eigenvalue weighted by Gasteiger charge is 2.11. The van der Waals surface area contributed by atoms with Gasteiger partial charge >= 0.3 is 0 Å². The number of para-hydroxylation sites is 1. The lowest BCUT2D eigenvalue weighted by molar-refractivity contribution is 0.590. The van der Waals surface area contributed by atoms with Gasteiger partial charge in [-0.05, 0) is 19.1 Å². The highest BCUT2D eigenvalue weighted by molar-refractivity contribution is 5.61. The van der Waals surface area contributed by atoms with Crippen molar-refractivity contribution in [3.05, 3.63) is 41.6 Å². The van der Waals surface area contributed by atoms with Gasteiger partial charge in [-0.15, -0.1) is 0 Å². The van der Waals surface area contributed by atoms with Crippen LogP contribution in [0.3, 0.4) is 0 Å². The van der Waals surface area contributed by atoms with Gasteiger partial charge in [0.1, 0.15) is 23.1 Å². The Morgan fingerprint density at radius 3 is 2.44 bits per heavy atom. The van der Waals surface area contributed by atoms with E-state index in [1.807, 2.05) is 0 Å². The van der Waals surface area contributed by atoms with Crippen LogP contribution in [0.4, 0.5) is 26.2 Å². The first-order valence-corrected chi connectivity index (χ1v) is 5.34. The zero-order valence-corrected chi connectivity index (χ0v) is 9.96. The maximum Gasteiger partial charge on any atom is 0.224 e. The molecule has 0 amide bonds. The number of rotatable bonds is 3. The van der Waals surface area contributed by atoms with Gasteiger partial charge in [-0.3, -0.25) is 0 Å². The lowest BCUT2D eigenvalue weighted by Gasteiger charge is -2.11. The Hall–Kier alpha value is -2.24. The van der Waals surface area contributed by atoms with E-state index in [1.165, 1.54) is 18.2 Å². The molecule has 0 aliphatic carbocycles. The summed E-state index contributed by atoms with van der Waals surface area (Å²) < 4.78 is 27.0. The third-order valence-electron chi connectivity index (χ3n) is 2.40. The van der Waals surface area contributed by atoms with Crippen LogP contribution in [-0.4, -0.2) is 17.0 Å². The highest BCUT2D eigenvalue weighted by Crippen LogP contribution is 2.24. The molecule has 18 heavy (non-hydrogen) atoms. The van der Waals surface area contributed by atoms with Gasteiger partial charge in [0.15, 0.2) is 0 Å². The minimum Gasteiger partial charge on any atom is -0.357 e. The second-order valence-electron chi connectivity index (χ2n) is 3.70. The highest BCUT2D eigenvalue weighted by atomic mass is 19.1. The van der Waals surface area contributed by atoms with E-state index in [-0.39, 0.29) is 5.69 Å². The maximum atomic E-state index is 13.5. The van der Waals surface area contributed by atoms with Gasteiger partial charge in [0.05, 0.1) is 0 Å². The van der Waals surface area contributed by atoms with Gasteiger partial charge in [0.25, 0.3) is 0 Å². The molecule has 0 radical (unpaired) electrons. The molecule has 0 unspecified atom stereocenters. The third kappa shape index (κ3) is 2.37. The van der Waals surface area contributed by atoms with Crippen molar-refractivity contribution in [1.82, 2.24) is 9.97 Å². The van der Waals surface area contributed by atoms with Crippen LogP contribution >= 0.6 is 0 Å². The van der Waals surface area contributed by atoms with Crippen molar-refractivity contribution in [3.63, 3.8) is 0 Å². The molecule has 0 fully saturated rings. The minimum absolute atomic E-state index is 0.221. The van der Waals surface area contributed by atoms with E-state index in [2.05, 4.69) is 20.6 Å². The summed E-state index contributed by atoms with van der Waals surface area (Å²) in [5.41, 5.74) is 0.470. The smallest absolute Gasteiger partial charge is 0.224 e. The van der Waals surface area contributed by atoms with Crippen LogP contribution in [0.5, 0.6) is 0 Å². The fourth-order valence-electron chi connectivity index (χ4n) is 1.42. The molecule has 4 nitrogen and oxygen atoms in total. The van der Waals surface area contributed by atoms with Crippen LogP contribution in [0.15, 0.2) is 24.4 Å². The van der Waals surface area contributed by atoms with Crippen molar-refractivity contribution in [3.8, 4) is 0 Å². The van der Waals surface area contributed by atoms with E-state index in [1.54, 1.807) is 20.2 Å². The number of benzene rings is 1. The van der Waals surface area contributed by atoms with Gasteiger partial charge in [-0.1, -0.05) is 6.07 Å². The predicted octanol–water partition coefficient (Wildman–Crippen LogP) is 2.85. The molecule has 0 saturated heterocycles. The molecule has 1 aromatic heterocycles. The molecule has 0 spiro atoms. The Morgan fingerprint density at radius 2 is 1.83 bits per heavy atom. The van der Waals surface area contributed by atoms with E-state index in [0.717, 1.165) is 0 Å². The first-order valence-electron chi connectivity index (χ1n) is 5.34. The van der Waals surface area contributed by atoms with E-state index in [4.69, 9.17) is 0 Å². The Kier molecular flexibility index (Phi) is 3.36. The van der Waals surface area contributed by atoms with E-state index in [0.29, 0.717) is 17.3 Å². The fraction of sp³-hybridized carbons (Fsp3) is 0.167. The molecule has 2 rings (SSSR count). The van der Waals surface area contributed by atoms with Gasteiger partial charge in [0, 0.05) is 18.8 Å². The number of aromatic nitrogens is 2. The lowest BCUT2D eigenvalue weighted by Crippen LogP contribution is -2.04. The first kappa shape index (κ1) is 12.2. The minimum atomic E-state index is -0.668. The zero-order valence-electron chi connectivity index (χ0n) is 9.96. The van der Waals surface area contributed by atoms with Crippen molar-refractivity contribution in [1.29, 1.82) is 0 Å². The molecule has 0 atom stereocenters. The Morgan fingerprint density at radius 1 is 1.17 bits per heavy atom. The molecule has 2 N–H and O–H groups in total. The van der Waals surface area contributed by atoms with Crippen LogP contribution in [0.2, 0.25) is 0 Å². The average Bonchev–Trinajstić information content (AvgIpc) is 2.36. The van der Waals surface area contributed by atoms with Gasteiger partial charge in [-0.2, -0.15) is 4.98 Å². The number of halogens is 2. The van der Waals surface area contributed by atoms with Crippen molar-refractivity contribution in [2.24, 2.45) is 0 Å². The van der Waals surface area contributed by atoms with Gasteiger partial charge < -0.3 is 10.6 Å². The maximum absolute atomic E-state index is 13.5. The van der Waals surface area contributed by atoms with Crippen molar-refractivity contribution >= 4 is 17.5 Å². The summed E-state index contributed by atoms with van der Waals surface area (Å²) in [7, 11) is 1.66. The zero-order chi connectivity index (χ0) is 13.1. The third-order valence-corrected chi connectivity index (χ3v) is 2.40. The lowest BCUT2D eigenvalue weighted by atomic mass is 10.2. The summed E-state index contributed by atoms with van der Waals surface area (Å²) in [6.07, 6.45) is 1.57. The molecular formula is C12H12F2N4. The van der Waals surface area contributed by atoms with E-state index < -0.39 is 11.6 Å². The number of nitrogens with zero attached hydrogens (tertiary/aromatic N) is 2. The topological polar surface area (TPSA) is 49.8 Å². The second-order valence-corrected chi connectivity index (χ2v) is 3.70. The molecule has 0 aliphatic heterocycles. The van der Waals surface area contributed by atoms with Crippen molar-refractivity contribution in [2.75, 3.05) is 17.7 Å². The standard InChI is InChI=1S/C12H12F2N4/c1-7-6-16-12(15-2)18-11(7)17-10-8(13)4-3-5-9(10)14/h3-6H,1-2H3,(H2,15,16,17,18). The summed E-state index contributed by atoms with van der Waals surface area (Å²) in [6.45, 7) is 1.75. The monoisotopic (exact) mass is 250 g/mol. The fourth-order valence-corrected chi connectivity index (χ4v) is 1.42. The van der Waals surface area contributed by atoms with E-state index in [9.17, 15) is 8.78 Å². The molecule has 94 valence electrons. The number of aryl methyl sites for hydroxylation is 1. The molecule has 1 heterocycles. The van der Waals surface area contributed by atoms with E-state index >= 15 is 0 Å². The number of anilines is 3. The number of hydrogen-bond donors (Lipinski definition) is 2. The van der Waals surface area contributed by atoms with Crippen molar-refractivity contribution < 1.29 is 8.78 Å². The Balaban J connectivity index is 2.39. The molecule has 0 aliphatic rings. The molecular weight excluding hydrogens is 238 g/mol. The summed E-state index contributed by atoms with van der Waals surface area (Å²) in [5, 5.41) is 5.40. The quantitative estimate of drug-likeness (QED) is 0.879. The number of nitrogens with one attached hydrogen (secondary N) is 2. The van der Waals surface area contributed by atoms with Gasteiger partial charge in [-0.25, -0.2) is 13.8 Å².